The number of ether oxygens (including phenoxy) is 1. The highest BCUT2D eigenvalue weighted by Gasteiger charge is 2.38. The lowest BCUT2D eigenvalue weighted by Crippen LogP contribution is -2.51. The van der Waals surface area contributed by atoms with Gasteiger partial charge in [-0.15, -0.1) is 0 Å². The molecule has 0 aromatic carbocycles. The number of likely N-dealkylation sites (N-methyl/N-ethyl adjacent to an activating group) is 1. The van der Waals surface area contributed by atoms with Crippen LogP contribution in [-0.2, 0) is 4.74 Å². The predicted molar refractivity (Wildman–Crippen MR) is 72.8 cm³/mol. The van der Waals surface area contributed by atoms with Crippen molar-refractivity contribution < 1.29 is 4.74 Å². The average Bonchev–Trinajstić information content (AvgIpc) is 2.60. The van der Waals surface area contributed by atoms with Gasteiger partial charge in [-0.2, -0.15) is 0 Å². The van der Waals surface area contributed by atoms with Gasteiger partial charge in [-0.25, -0.2) is 0 Å². The zero-order chi connectivity index (χ0) is 12.5. The first-order chi connectivity index (χ1) is 8.72. The van der Waals surface area contributed by atoms with Gasteiger partial charge in [0, 0.05) is 37.8 Å². The van der Waals surface area contributed by atoms with E-state index in [4.69, 9.17) is 4.74 Å². The molecule has 1 N–H and O–H groups in total. The molecule has 18 heavy (non-hydrogen) atoms. The third kappa shape index (κ3) is 2.72. The SMILES string of the molecule is CN1CCOC(CNC2CC3CCC(C2)N3C)C1. The summed E-state index contributed by atoms with van der Waals surface area (Å²) in [6.45, 7) is 4.07. The fourth-order valence-electron chi connectivity index (χ4n) is 3.87. The smallest absolute Gasteiger partial charge is 0.0826 e. The van der Waals surface area contributed by atoms with Crippen molar-refractivity contribution in [3.8, 4) is 0 Å². The van der Waals surface area contributed by atoms with E-state index in [1.807, 2.05) is 0 Å². The van der Waals surface area contributed by atoms with Gasteiger partial charge in [0.1, 0.15) is 0 Å². The molecule has 4 nitrogen and oxygen atoms in total. The van der Waals surface area contributed by atoms with Crippen LogP contribution >= 0.6 is 0 Å². The Morgan fingerprint density at radius 3 is 2.56 bits per heavy atom. The Morgan fingerprint density at radius 1 is 1.17 bits per heavy atom. The lowest BCUT2D eigenvalue weighted by atomic mass is 9.98. The van der Waals surface area contributed by atoms with E-state index in [-0.39, 0.29) is 0 Å². The van der Waals surface area contributed by atoms with E-state index in [0.29, 0.717) is 6.10 Å². The molecule has 0 saturated carbocycles. The first-order valence-electron chi connectivity index (χ1n) is 7.48. The third-order valence-corrected chi connectivity index (χ3v) is 5.07. The number of piperidine rings is 1. The van der Waals surface area contributed by atoms with Crippen molar-refractivity contribution in [2.75, 3.05) is 40.3 Å². The van der Waals surface area contributed by atoms with Gasteiger partial charge in [-0.05, 0) is 39.8 Å². The standard InChI is InChI=1S/C14H27N3O/c1-16-5-6-18-14(10-16)9-15-11-7-12-3-4-13(8-11)17(12)2/h11-15H,3-10H2,1-2H3. The molecule has 104 valence electrons. The van der Waals surface area contributed by atoms with E-state index in [9.17, 15) is 0 Å². The molecular weight excluding hydrogens is 226 g/mol. The van der Waals surface area contributed by atoms with E-state index < -0.39 is 0 Å². The van der Waals surface area contributed by atoms with Crippen LogP contribution in [0.5, 0.6) is 0 Å². The summed E-state index contributed by atoms with van der Waals surface area (Å²) in [6, 6.07) is 2.38. The summed E-state index contributed by atoms with van der Waals surface area (Å²) in [7, 11) is 4.49. The monoisotopic (exact) mass is 253 g/mol. The maximum absolute atomic E-state index is 5.82. The molecule has 3 rings (SSSR count). The topological polar surface area (TPSA) is 27.7 Å². The van der Waals surface area contributed by atoms with E-state index in [2.05, 4.69) is 29.2 Å². The van der Waals surface area contributed by atoms with Gasteiger partial charge in [-0.1, -0.05) is 0 Å². The van der Waals surface area contributed by atoms with Crippen LogP contribution in [0.25, 0.3) is 0 Å². The molecule has 3 unspecified atom stereocenters. The third-order valence-electron chi connectivity index (χ3n) is 5.07. The minimum absolute atomic E-state index is 0.390. The van der Waals surface area contributed by atoms with Crippen molar-refractivity contribution in [2.45, 2.75) is 49.9 Å². The number of morpholine rings is 1. The number of rotatable bonds is 3. The highest BCUT2D eigenvalue weighted by atomic mass is 16.5. The highest BCUT2D eigenvalue weighted by molar-refractivity contribution is 4.96. The summed E-state index contributed by atoms with van der Waals surface area (Å²) in [6.07, 6.45) is 5.86. The second-order valence-corrected chi connectivity index (χ2v) is 6.38. The zero-order valence-electron chi connectivity index (χ0n) is 11.8. The van der Waals surface area contributed by atoms with Gasteiger partial charge in [0.15, 0.2) is 0 Å². The molecule has 3 aliphatic rings. The van der Waals surface area contributed by atoms with E-state index >= 15 is 0 Å². The Bertz CT molecular complexity index is 272. The van der Waals surface area contributed by atoms with Crippen LogP contribution < -0.4 is 5.32 Å². The zero-order valence-corrected chi connectivity index (χ0v) is 11.8. The summed E-state index contributed by atoms with van der Waals surface area (Å²) in [5, 5.41) is 3.75. The van der Waals surface area contributed by atoms with Crippen molar-refractivity contribution in [3.05, 3.63) is 0 Å². The molecule has 3 fully saturated rings. The molecule has 2 bridgehead atoms. The van der Waals surface area contributed by atoms with Crippen LogP contribution in [0, 0.1) is 0 Å². The maximum Gasteiger partial charge on any atom is 0.0826 e. The average molecular weight is 253 g/mol. The summed E-state index contributed by atoms with van der Waals surface area (Å²) >= 11 is 0. The predicted octanol–water partition coefficient (Wildman–Crippen LogP) is 0.532. The number of hydrogen-bond donors (Lipinski definition) is 1. The van der Waals surface area contributed by atoms with E-state index in [1.165, 1.54) is 25.7 Å². The molecule has 3 saturated heterocycles. The van der Waals surface area contributed by atoms with Crippen LogP contribution in [0.3, 0.4) is 0 Å². The molecule has 0 aromatic rings. The number of nitrogens with one attached hydrogen (secondary N) is 1. The van der Waals surface area contributed by atoms with Gasteiger partial charge in [0.2, 0.25) is 0 Å². The Morgan fingerprint density at radius 2 is 1.89 bits per heavy atom. The lowest BCUT2D eigenvalue weighted by molar-refractivity contribution is -0.0207. The van der Waals surface area contributed by atoms with Crippen molar-refractivity contribution >= 4 is 0 Å². The lowest BCUT2D eigenvalue weighted by Gasteiger charge is -2.38. The van der Waals surface area contributed by atoms with Crippen molar-refractivity contribution in [3.63, 3.8) is 0 Å². The molecule has 0 aliphatic carbocycles. The summed E-state index contributed by atoms with van der Waals surface area (Å²) in [4.78, 5) is 4.97. The summed E-state index contributed by atoms with van der Waals surface area (Å²) < 4.78 is 5.82. The molecule has 3 aliphatic heterocycles. The Hall–Kier alpha value is -0.160. The van der Waals surface area contributed by atoms with Crippen LogP contribution in [-0.4, -0.2) is 74.4 Å². The maximum atomic E-state index is 5.82. The number of fused-ring (bicyclic) bond motifs is 2. The molecule has 0 radical (unpaired) electrons. The summed E-state index contributed by atoms with van der Waals surface area (Å²) in [5.74, 6) is 0. The van der Waals surface area contributed by atoms with Gasteiger partial charge in [0.25, 0.3) is 0 Å². The normalized spacial score (nSPS) is 42.3. The van der Waals surface area contributed by atoms with Crippen molar-refractivity contribution in [2.24, 2.45) is 0 Å². The van der Waals surface area contributed by atoms with Crippen LogP contribution in [0.4, 0.5) is 0 Å². The number of nitrogens with zero attached hydrogens (tertiary/aromatic N) is 2. The molecule has 3 atom stereocenters. The minimum atomic E-state index is 0.390. The van der Waals surface area contributed by atoms with Crippen molar-refractivity contribution in [1.29, 1.82) is 0 Å². The van der Waals surface area contributed by atoms with E-state index in [1.54, 1.807) is 0 Å². The molecular formula is C14H27N3O. The number of hydrogen-bond acceptors (Lipinski definition) is 4. The largest absolute Gasteiger partial charge is 0.374 e. The fourth-order valence-corrected chi connectivity index (χ4v) is 3.87. The molecule has 0 amide bonds. The van der Waals surface area contributed by atoms with E-state index in [0.717, 1.165) is 44.4 Å². The minimum Gasteiger partial charge on any atom is -0.374 e. The second-order valence-electron chi connectivity index (χ2n) is 6.38. The Labute approximate surface area is 111 Å². The van der Waals surface area contributed by atoms with Crippen LogP contribution in [0.2, 0.25) is 0 Å². The molecule has 3 heterocycles. The Kier molecular flexibility index (Phi) is 3.89. The fraction of sp³-hybridized carbons (Fsp3) is 1.00. The quantitative estimate of drug-likeness (QED) is 0.794. The van der Waals surface area contributed by atoms with Gasteiger partial charge in [0.05, 0.1) is 12.7 Å². The van der Waals surface area contributed by atoms with Gasteiger partial charge >= 0.3 is 0 Å². The first-order valence-corrected chi connectivity index (χ1v) is 7.48. The molecule has 4 heteroatoms. The molecule has 0 aromatic heterocycles. The van der Waals surface area contributed by atoms with Crippen molar-refractivity contribution in [1.82, 2.24) is 15.1 Å². The first kappa shape index (κ1) is 12.9. The molecule has 0 spiro atoms. The second kappa shape index (κ2) is 5.45. The van der Waals surface area contributed by atoms with Crippen LogP contribution in [0.1, 0.15) is 25.7 Å². The highest BCUT2D eigenvalue weighted by Crippen LogP contribution is 2.34. The Balaban J connectivity index is 1.44. The van der Waals surface area contributed by atoms with Crippen LogP contribution in [0.15, 0.2) is 0 Å². The summed E-state index contributed by atoms with van der Waals surface area (Å²) in [5.41, 5.74) is 0. The van der Waals surface area contributed by atoms with Gasteiger partial charge in [-0.3, -0.25) is 0 Å². The van der Waals surface area contributed by atoms with Gasteiger partial charge < -0.3 is 19.9 Å².